The Hall–Kier alpha value is -3.22. The number of quaternary nitrogens is 1. The highest BCUT2D eigenvalue weighted by atomic mass is 35.5. The number of nitrogens with zero attached hydrogens (tertiary/aromatic N) is 3. The quantitative estimate of drug-likeness (QED) is 0.389. The summed E-state index contributed by atoms with van der Waals surface area (Å²) in [6, 6.07) is 22.2. The Morgan fingerprint density at radius 1 is 1.00 bits per heavy atom. The van der Waals surface area contributed by atoms with Crippen LogP contribution in [0.3, 0.4) is 0 Å². The van der Waals surface area contributed by atoms with E-state index >= 15 is 0 Å². The lowest BCUT2D eigenvalue weighted by molar-refractivity contribution is -0.929. The Balaban J connectivity index is 1.31. The van der Waals surface area contributed by atoms with Gasteiger partial charge in [0.25, 0.3) is 5.69 Å². The monoisotopic (exact) mass is 433 g/mol. The van der Waals surface area contributed by atoms with E-state index in [1.165, 1.54) is 45.4 Å². The first-order chi connectivity index (χ1) is 15.1. The van der Waals surface area contributed by atoms with Gasteiger partial charge in [-0.25, -0.2) is 0 Å². The third kappa shape index (κ3) is 3.69. The largest absolute Gasteiger partial charge is 0.322 e. The lowest BCUT2D eigenvalue weighted by Gasteiger charge is -2.34. The molecule has 2 aliphatic rings. The molecule has 156 valence electrons. The van der Waals surface area contributed by atoms with Crippen molar-refractivity contribution in [3.05, 3.63) is 98.6 Å². The molecule has 1 saturated heterocycles. The number of hydrogen-bond donors (Lipinski definition) is 1. The van der Waals surface area contributed by atoms with Crippen LogP contribution in [0.15, 0.2) is 71.8 Å². The fourth-order valence-corrected chi connectivity index (χ4v) is 4.84. The number of rotatable bonds is 4. The van der Waals surface area contributed by atoms with Gasteiger partial charge < -0.3 is 4.90 Å². The third-order valence-electron chi connectivity index (χ3n) is 6.17. The van der Waals surface area contributed by atoms with Crippen molar-refractivity contribution in [3.8, 4) is 11.1 Å². The number of halogens is 1. The van der Waals surface area contributed by atoms with E-state index in [-0.39, 0.29) is 5.69 Å². The number of fused-ring (bicyclic) bond motifs is 3. The van der Waals surface area contributed by atoms with E-state index in [1.807, 2.05) is 5.01 Å². The van der Waals surface area contributed by atoms with Gasteiger partial charge in [0.2, 0.25) is 0 Å². The standard InChI is InChI=1S/C24H21ClN4O2/c25-23-10-9-18(29(30)31)15-17(23)16-26-28-13-11-27(12-14-28)24-21-7-3-1-5-19(21)20-6-2-4-8-22(20)24/h1-10,15-16,24H,11-14H2/p+1/b26-16-. The Bertz CT molecular complexity index is 1130. The van der Waals surface area contributed by atoms with Crippen molar-refractivity contribution in [2.75, 3.05) is 26.2 Å². The van der Waals surface area contributed by atoms with Gasteiger partial charge in [-0.05, 0) is 17.2 Å². The minimum absolute atomic E-state index is 0.0127. The summed E-state index contributed by atoms with van der Waals surface area (Å²) in [5, 5.41) is 18.0. The van der Waals surface area contributed by atoms with Gasteiger partial charge in [-0.15, -0.1) is 0 Å². The zero-order valence-corrected chi connectivity index (χ0v) is 17.6. The molecular weight excluding hydrogens is 412 g/mol. The van der Waals surface area contributed by atoms with Crippen LogP contribution in [0.1, 0.15) is 22.7 Å². The highest BCUT2D eigenvalue weighted by Gasteiger charge is 2.37. The van der Waals surface area contributed by atoms with Gasteiger partial charge >= 0.3 is 0 Å². The molecule has 0 aromatic heterocycles. The van der Waals surface area contributed by atoms with Crippen molar-refractivity contribution in [1.29, 1.82) is 0 Å². The fourth-order valence-electron chi connectivity index (χ4n) is 4.67. The van der Waals surface area contributed by atoms with Crippen molar-refractivity contribution in [1.82, 2.24) is 5.01 Å². The van der Waals surface area contributed by atoms with Crippen LogP contribution < -0.4 is 4.90 Å². The van der Waals surface area contributed by atoms with Crippen molar-refractivity contribution in [3.63, 3.8) is 0 Å². The maximum Gasteiger partial charge on any atom is 0.270 e. The van der Waals surface area contributed by atoms with E-state index in [1.54, 1.807) is 6.21 Å². The lowest BCUT2D eigenvalue weighted by Crippen LogP contribution is -3.14. The van der Waals surface area contributed by atoms with E-state index in [0.717, 1.165) is 26.2 Å². The van der Waals surface area contributed by atoms with E-state index < -0.39 is 4.92 Å². The van der Waals surface area contributed by atoms with E-state index in [9.17, 15) is 10.1 Å². The molecular formula is C24H22ClN4O2+. The third-order valence-corrected chi connectivity index (χ3v) is 6.52. The molecule has 31 heavy (non-hydrogen) atoms. The van der Waals surface area contributed by atoms with E-state index in [2.05, 4.69) is 53.6 Å². The molecule has 1 aliphatic heterocycles. The number of piperazine rings is 1. The van der Waals surface area contributed by atoms with Gasteiger partial charge in [-0.1, -0.05) is 60.1 Å². The molecule has 6 nitrogen and oxygen atoms in total. The zero-order valence-electron chi connectivity index (χ0n) is 16.9. The summed E-state index contributed by atoms with van der Waals surface area (Å²) in [7, 11) is 0. The molecule has 0 bridgehead atoms. The summed E-state index contributed by atoms with van der Waals surface area (Å²) >= 11 is 6.19. The van der Waals surface area contributed by atoms with Crippen LogP contribution in [0, 0.1) is 10.1 Å². The summed E-state index contributed by atoms with van der Waals surface area (Å²) in [4.78, 5) is 12.1. The number of nitro groups is 1. The fraction of sp³-hybridized carbons (Fsp3) is 0.208. The van der Waals surface area contributed by atoms with Crippen LogP contribution in [0.2, 0.25) is 5.02 Å². The first-order valence-corrected chi connectivity index (χ1v) is 10.8. The molecule has 0 radical (unpaired) electrons. The van der Waals surface area contributed by atoms with Crippen molar-refractivity contribution < 1.29 is 9.82 Å². The maximum absolute atomic E-state index is 11.0. The number of hydrogen-bond acceptors (Lipinski definition) is 4. The van der Waals surface area contributed by atoms with Crippen LogP contribution >= 0.6 is 11.6 Å². The summed E-state index contributed by atoms with van der Waals surface area (Å²) < 4.78 is 0. The molecule has 1 aliphatic carbocycles. The average Bonchev–Trinajstić information content (AvgIpc) is 3.13. The molecule has 7 heteroatoms. The Labute approximate surface area is 185 Å². The van der Waals surface area contributed by atoms with E-state index in [0.29, 0.717) is 16.6 Å². The number of nitrogens with one attached hydrogen (secondary N) is 1. The Morgan fingerprint density at radius 2 is 1.61 bits per heavy atom. The number of benzene rings is 3. The predicted octanol–water partition coefficient (Wildman–Crippen LogP) is 3.55. The summed E-state index contributed by atoms with van der Waals surface area (Å²) in [6.45, 7) is 3.57. The first kappa shape index (κ1) is 19.7. The molecule has 1 N–H and O–H groups in total. The average molecular weight is 434 g/mol. The Morgan fingerprint density at radius 3 is 2.23 bits per heavy atom. The molecule has 1 fully saturated rings. The van der Waals surface area contributed by atoms with Gasteiger partial charge in [0.1, 0.15) is 6.04 Å². The Kier molecular flexibility index (Phi) is 5.18. The first-order valence-electron chi connectivity index (χ1n) is 10.4. The second-order valence-corrected chi connectivity index (χ2v) is 8.33. The van der Waals surface area contributed by atoms with Crippen molar-refractivity contribution in [2.24, 2.45) is 5.10 Å². The smallest absolute Gasteiger partial charge is 0.270 e. The minimum atomic E-state index is -0.424. The molecule has 3 aromatic rings. The van der Waals surface area contributed by atoms with Crippen LogP contribution in [0.4, 0.5) is 5.69 Å². The molecule has 5 rings (SSSR count). The summed E-state index contributed by atoms with van der Waals surface area (Å²) in [6.07, 6.45) is 1.63. The van der Waals surface area contributed by atoms with Gasteiger partial charge in [0, 0.05) is 33.8 Å². The van der Waals surface area contributed by atoms with Crippen LogP contribution in [0.25, 0.3) is 11.1 Å². The van der Waals surface area contributed by atoms with E-state index in [4.69, 9.17) is 11.6 Å². The van der Waals surface area contributed by atoms with Crippen molar-refractivity contribution in [2.45, 2.75) is 6.04 Å². The highest BCUT2D eigenvalue weighted by molar-refractivity contribution is 6.33. The number of non-ortho nitro benzene ring substituents is 1. The normalized spacial score (nSPS) is 16.5. The van der Waals surface area contributed by atoms with Gasteiger partial charge in [-0.3, -0.25) is 15.1 Å². The molecule has 0 atom stereocenters. The number of nitro benzene ring substituents is 1. The maximum atomic E-state index is 11.0. The molecule has 3 aromatic carbocycles. The lowest BCUT2D eigenvalue weighted by atomic mass is 10.0. The SMILES string of the molecule is O=[N+]([O-])c1ccc(Cl)c(/C=N\N2CC[NH+](C3c4ccccc4-c4ccccc43)CC2)c1. The minimum Gasteiger partial charge on any atom is -0.322 e. The molecule has 0 unspecified atom stereocenters. The predicted molar refractivity (Wildman–Crippen MR) is 122 cm³/mol. The second kappa shape index (κ2) is 8.13. The van der Waals surface area contributed by atoms with Crippen LogP contribution in [0.5, 0.6) is 0 Å². The second-order valence-electron chi connectivity index (χ2n) is 7.93. The summed E-state index contributed by atoms with van der Waals surface area (Å²) in [5.74, 6) is 0. The van der Waals surface area contributed by atoms with Gasteiger partial charge in [0.15, 0.2) is 0 Å². The van der Waals surface area contributed by atoms with Crippen molar-refractivity contribution >= 4 is 23.5 Å². The molecule has 0 amide bonds. The zero-order chi connectivity index (χ0) is 21.4. The molecule has 1 heterocycles. The number of hydrazone groups is 1. The van der Waals surface area contributed by atoms with Crippen LogP contribution in [-0.4, -0.2) is 42.3 Å². The highest BCUT2D eigenvalue weighted by Crippen LogP contribution is 2.41. The van der Waals surface area contributed by atoms with Gasteiger partial charge in [0.05, 0.1) is 37.3 Å². The topological polar surface area (TPSA) is 63.2 Å². The van der Waals surface area contributed by atoms with Gasteiger partial charge in [-0.2, -0.15) is 5.10 Å². The molecule has 0 saturated carbocycles. The summed E-state index contributed by atoms with van der Waals surface area (Å²) in [5.41, 5.74) is 6.06. The molecule has 0 spiro atoms. The van der Waals surface area contributed by atoms with Crippen LogP contribution in [-0.2, 0) is 0 Å².